The summed E-state index contributed by atoms with van der Waals surface area (Å²) in [6.07, 6.45) is 4.75. The van der Waals surface area contributed by atoms with E-state index < -0.39 is 0 Å². The van der Waals surface area contributed by atoms with Gasteiger partial charge in [0.1, 0.15) is 11.9 Å². The van der Waals surface area contributed by atoms with Gasteiger partial charge in [0, 0.05) is 12.3 Å². The van der Waals surface area contributed by atoms with Gasteiger partial charge < -0.3 is 14.8 Å². The van der Waals surface area contributed by atoms with Gasteiger partial charge in [0.05, 0.1) is 7.11 Å². The highest BCUT2D eigenvalue weighted by molar-refractivity contribution is 6.01. The van der Waals surface area contributed by atoms with Crippen LogP contribution in [0.3, 0.4) is 0 Å². The molecule has 0 spiro atoms. The van der Waals surface area contributed by atoms with Crippen molar-refractivity contribution < 1.29 is 14.3 Å². The van der Waals surface area contributed by atoms with E-state index in [1.807, 2.05) is 19.1 Å². The maximum absolute atomic E-state index is 11.9. The molecule has 0 aliphatic carbocycles. The number of pyridine rings is 1. The third kappa shape index (κ3) is 4.85. The number of benzene rings is 1. The van der Waals surface area contributed by atoms with Crippen LogP contribution in [-0.2, 0) is 4.79 Å². The molecule has 6 nitrogen and oxygen atoms in total. The lowest BCUT2D eigenvalue weighted by molar-refractivity contribution is -0.111. The molecule has 2 aromatic rings. The number of carbonyl (C=O) groups is 1. The van der Waals surface area contributed by atoms with Gasteiger partial charge in [0.25, 0.3) is 0 Å². The van der Waals surface area contributed by atoms with Gasteiger partial charge in [-0.1, -0.05) is 12.1 Å². The molecular weight excluding hydrogens is 306 g/mol. The van der Waals surface area contributed by atoms with Crippen LogP contribution in [0.15, 0.2) is 42.6 Å². The summed E-state index contributed by atoms with van der Waals surface area (Å²) in [6.45, 7) is 1.87. The van der Waals surface area contributed by atoms with Crippen LogP contribution in [0.5, 0.6) is 11.5 Å². The minimum absolute atomic E-state index is 0.0580. The largest absolute Gasteiger partial charge is 0.493 e. The van der Waals surface area contributed by atoms with E-state index >= 15 is 0 Å². The number of aryl methyl sites for hydroxylation is 1. The Morgan fingerprint density at radius 2 is 2.17 bits per heavy atom. The summed E-state index contributed by atoms with van der Waals surface area (Å²) < 4.78 is 10.5. The molecule has 0 unspecified atom stereocenters. The Morgan fingerprint density at radius 3 is 2.83 bits per heavy atom. The number of carbonyl (C=O) groups excluding carboxylic acids is 1. The molecule has 1 aromatic carbocycles. The van der Waals surface area contributed by atoms with Crippen molar-refractivity contribution in [3.05, 3.63) is 53.7 Å². The highest BCUT2D eigenvalue weighted by Crippen LogP contribution is 2.28. The number of methoxy groups -OCH3 is 1. The van der Waals surface area contributed by atoms with E-state index in [0.29, 0.717) is 17.3 Å². The smallest absolute Gasteiger partial charge is 0.249 e. The molecule has 0 aliphatic rings. The first-order chi connectivity index (χ1) is 11.6. The number of hydrogen-bond donors (Lipinski definition) is 1. The number of ether oxygens (including phenoxy) is 2. The van der Waals surface area contributed by atoms with Crippen molar-refractivity contribution in [2.24, 2.45) is 0 Å². The van der Waals surface area contributed by atoms with Crippen LogP contribution in [0.4, 0.5) is 5.82 Å². The zero-order valence-electron chi connectivity index (χ0n) is 13.4. The fraction of sp³-hybridized carbons (Fsp3) is 0.167. The van der Waals surface area contributed by atoms with E-state index in [2.05, 4.69) is 10.3 Å². The SMILES string of the molecule is COc1cc(/C=C/C(=O)Nc2ccc(C)cn2)ccc1OCC#N. The first-order valence-corrected chi connectivity index (χ1v) is 7.22. The first-order valence-electron chi connectivity index (χ1n) is 7.22. The molecule has 0 aliphatic heterocycles. The molecule has 1 aromatic heterocycles. The first kappa shape index (κ1) is 17.0. The third-order valence-electron chi connectivity index (χ3n) is 3.07. The molecule has 1 heterocycles. The lowest BCUT2D eigenvalue weighted by Crippen LogP contribution is -2.08. The summed E-state index contributed by atoms with van der Waals surface area (Å²) in [5.74, 6) is 1.18. The van der Waals surface area contributed by atoms with Gasteiger partial charge in [-0.25, -0.2) is 4.98 Å². The maximum Gasteiger partial charge on any atom is 0.249 e. The summed E-state index contributed by atoms with van der Waals surface area (Å²) in [5, 5.41) is 11.2. The summed E-state index contributed by atoms with van der Waals surface area (Å²) in [7, 11) is 1.51. The second-order valence-electron chi connectivity index (χ2n) is 4.90. The topological polar surface area (TPSA) is 84.2 Å². The zero-order chi connectivity index (χ0) is 17.4. The molecule has 0 bridgehead atoms. The van der Waals surface area contributed by atoms with Crippen molar-refractivity contribution in [3.63, 3.8) is 0 Å². The van der Waals surface area contributed by atoms with Gasteiger partial charge in [-0.2, -0.15) is 5.26 Å². The monoisotopic (exact) mass is 323 g/mol. The number of nitrogens with one attached hydrogen (secondary N) is 1. The minimum atomic E-state index is -0.282. The van der Waals surface area contributed by atoms with Crippen LogP contribution < -0.4 is 14.8 Å². The Hall–Kier alpha value is -3.33. The number of hydrogen-bond acceptors (Lipinski definition) is 5. The summed E-state index contributed by atoms with van der Waals surface area (Å²) in [4.78, 5) is 16.0. The van der Waals surface area contributed by atoms with Crippen molar-refractivity contribution >= 4 is 17.8 Å². The number of rotatable bonds is 6. The van der Waals surface area contributed by atoms with E-state index in [0.717, 1.165) is 11.1 Å². The average Bonchev–Trinajstić information content (AvgIpc) is 2.60. The predicted molar refractivity (Wildman–Crippen MR) is 90.7 cm³/mol. The van der Waals surface area contributed by atoms with Crippen molar-refractivity contribution in [3.8, 4) is 17.6 Å². The van der Waals surface area contributed by atoms with Crippen LogP contribution >= 0.6 is 0 Å². The van der Waals surface area contributed by atoms with E-state index in [-0.39, 0.29) is 12.5 Å². The molecule has 2 rings (SSSR count). The summed E-state index contributed by atoms with van der Waals surface area (Å²) >= 11 is 0. The highest BCUT2D eigenvalue weighted by atomic mass is 16.5. The Bertz CT molecular complexity index is 777. The predicted octanol–water partition coefficient (Wildman–Crippen LogP) is 2.95. The van der Waals surface area contributed by atoms with Gasteiger partial charge in [-0.05, 0) is 42.3 Å². The number of nitriles is 1. The van der Waals surface area contributed by atoms with Crippen molar-refractivity contribution in [1.29, 1.82) is 5.26 Å². The highest BCUT2D eigenvalue weighted by Gasteiger charge is 2.05. The van der Waals surface area contributed by atoms with Crippen LogP contribution in [0, 0.1) is 18.3 Å². The molecule has 0 saturated carbocycles. The molecule has 24 heavy (non-hydrogen) atoms. The molecular formula is C18H17N3O3. The summed E-state index contributed by atoms with van der Waals surface area (Å²) in [5.41, 5.74) is 1.79. The van der Waals surface area contributed by atoms with E-state index in [4.69, 9.17) is 14.7 Å². The molecule has 1 amide bonds. The molecule has 1 N–H and O–H groups in total. The fourth-order valence-corrected chi connectivity index (χ4v) is 1.90. The Labute approximate surface area is 140 Å². The van der Waals surface area contributed by atoms with Gasteiger partial charge in [-0.15, -0.1) is 0 Å². The van der Waals surface area contributed by atoms with Crippen molar-refractivity contribution in [1.82, 2.24) is 4.98 Å². The molecule has 0 atom stereocenters. The van der Waals surface area contributed by atoms with Gasteiger partial charge in [0.2, 0.25) is 5.91 Å². The standard InChI is InChI=1S/C18H17N3O3/c1-13-3-7-17(20-12-13)21-18(22)8-5-14-4-6-15(24-10-9-19)16(11-14)23-2/h3-8,11-12H,10H2,1-2H3,(H,20,21,22)/b8-5+. The quantitative estimate of drug-likeness (QED) is 0.826. The fourth-order valence-electron chi connectivity index (χ4n) is 1.90. The lowest BCUT2D eigenvalue weighted by atomic mass is 10.2. The molecule has 122 valence electrons. The van der Waals surface area contributed by atoms with E-state index in [1.54, 1.807) is 36.5 Å². The van der Waals surface area contributed by atoms with Gasteiger partial charge in [-0.3, -0.25) is 4.79 Å². The molecule has 0 saturated heterocycles. The third-order valence-corrected chi connectivity index (χ3v) is 3.07. The van der Waals surface area contributed by atoms with Crippen LogP contribution in [-0.4, -0.2) is 24.6 Å². The van der Waals surface area contributed by atoms with E-state index in [1.165, 1.54) is 13.2 Å². The number of nitrogens with zero attached hydrogens (tertiary/aromatic N) is 2. The normalized spacial score (nSPS) is 10.2. The summed E-state index contributed by atoms with van der Waals surface area (Å²) in [6, 6.07) is 10.7. The minimum Gasteiger partial charge on any atom is -0.493 e. The number of aromatic nitrogens is 1. The molecule has 0 radical (unpaired) electrons. The second kappa shape index (κ2) is 8.34. The Kier molecular flexibility index (Phi) is 5.92. The molecule has 6 heteroatoms. The Morgan fingerprint density at radius 1 is 1.33 bits per heavy atom. The van der Waals surface area contributed by atoms with Gasteiger partial charge >= 0.3 is 0 Å². The van der Waals surface area contributed by atoms with Crippen LogP contribution in [0.1, 0.15) is 11.1 Å². The Balaban J connectivity index is 2.03. The zero-order valence-corrected chi connectivity index (χ0v) is 13.4. The van der Waals surface area contributed by atoms with Crippen LogP contribution in [0.25, 0.3) is 6.08 Å². The number of anilines is 1. The lowest BCUT2D eigenvalue weighted by Gasteiger charge is -2.08. The van der Waals surface area contributed by atoms with Crippen molar-refractivity contribution in [2.75, 3.05) is 19.0 Å². The average molecular weight is 323 g/mol. The molecule has 0 fully saturated rings. The van der Waals surface area contributed by atoms with Crippen LogP contribution in [0.2, 0.25) is 0 Å². The van der Waals surface area contributed by atoms with Crippen molar-refractivity contribution in [2.45, 2.75) is 6.92 Å². The van der Waals surface area contributed by atoms with E-state index in [9.17, 15) is 4.79 Å². The maximum atomic E-state index is 11.9. The van der Waals surface area contributed by atoms with Gasteiger partial charge in [0.15, 0.2) is 18.1 Å². The second-order valence-corrected chi connectivity index (χ2v) is 4.90. The number of amides is 1.